The number of esters is 1. The molecule has 7 nitrogen and oxygen atoms in total. The third-order valence-electron chi connectivity index (χ3n) is 3.30. The highest BCUT2D eigenvalue weighted by molar-refractivity contribution is 6.26. The zero-order chi connectivity index (χ0) is 15.1. The summed E-state index contributed by atoms with van der Waals surface area (Å²) in [5.74, 6) is -3.37. The van der Waals surface area contributed by atoms with E-state index in [2.05, 4.69) is 10.3 Å². The van der Waals surface area contributed by atoms with Gasteiger partial charge in [0.25, 0.3) is 11.8 Å². The fourth-order valence-electron chi connectivity index (χ4n) is 2.30. The van der Waals surface area contributed by atoms with Crippen LogP contribution in [0.1, 0.15) is 38.0 Å². The van der Waals surface area contributed by atoms with Crippen LogP contribution in [0, 0.1) is 5.92 Å². The molecule has 0 bridgehead atoms. The first kappa shape index (κ1) is 13.2. The van der Waals surface area contributed by atoms with Gasteiger partial charge < -0.3 is 4.74 Å². The number of nitrogens with zero attached hydrogens (tertiary/aromatic N) is 1. The Labute approximate surface area is 119 Å². The third-order valence-corrected chi connectivity index (χ3v) is 3.30. The molecular formula is C14H10N2O5. The summed E-state index contributed by atoms with van der Waals surface area (Å²) < 4.78 is 4.81. The molecule has 1 atom stereocenters. The molecule has 7 heteroatoms. The Kier molecular flexibility index (Phi) is 2.90. The second-order valence-electron chi connectivity index (χ2n) is 4.57. The number of Topliss-reactive ketones (excluding diaryl/α,β-unsaturated/α-hetero) is 1. The molecule has 3 rings (SSSR count). The summed E-state index contributed by atoms with van der Waals surface area (Å²) in [6.07, 6.45) is 1.20. The number of ether oxygens (including phenoxy) is 1. The van der Waals surface area contributed by atoms with Crippen LogP contribution in [0.2, 0.25) is 0 Å². The average Bonchev–Trinajstić information content (AvgIpc) is 2.73. The highest BCUT2D eigenvalue weighted by Crippen LogP contribution is 2.31. The van der Waals surface area contributed by atoms with Gasteiger partial charge in [0.15, 0.2) is 11.7 Å². The van der Waals surface area contributed by atoms with E-state index in [4.69, 9.17) is 4.74 Å². The molecule has 1 N–H and O–H groups in total. The zero-order valence-corrected chi connectivity index (χ0v) is 11.0. The summed E-state index contributed by atoms with van der Waals surface area (Å²) in [5, 5.41) is 2.14. The minimum absolute atomic E-state index is 0.117. The summed E-state index contributed by atoms with van der Waals surface area (Å²) in [4.78, 5) is 51.2. The largest absolute Gasteiger partial charge is 0.465 e. The molecule has 1 aromatic carbocycles. The molecule has 0 saturated carbocycles. The van der Waals surface area contributed by atoms with Crippen molar-refractivity contribution in [1.82, 2.24) is 5.32 Å². The van der Waals surface area contributed by atoms with Gasteiger partial charge in [0.1, 0.15) is 0 Å². The summed E-state index contributed by atoms with van der Waals surface area (Å²) in [7, 11) is 0. The molecule has 0 aromatic heterocycles. The Bertz CT molecular complexity index is 735. The van der Waals surface area contributed by atoms with Gasteiger partial charge in [-0.05, 0) is 19.1 Å². The Morgan fingerprint density at radius 2 is 1.86 bits per heavy atom. The van der Waals surface area contributed by atoms with Crippen LogP contribution in [0.3, 0.4) is 0 Å². The minimum Gasteiger partial charge on any atom is -0.465 e. The lowest BCUT2D eigenvalue weighted by Gasteiger charge is -2.16. The lowest BCUT2D eigenvalue weighted by Crippen LogP contribution is -2.29. The Morgan fingerprint density at radius 1 is 1.19 bits per heavy atom. The van der Waals surface area contributed by atoms with Crippen LogP contribution in [-0.4, -0.2) is 36.4 Å². The van der Waals surface area contributed by atoms with Gasteiger partial charge in [0.2, 0.25) is 0 Å². The predicted octanol–water partition coefficient (Wildman–Crippen LogP) is 0.648. The molecule has 1 unspecified atom stereocenters. The predicted molar refractivity (Wildman–Crippen MR) is 70.8 cm³/mol. The van der Waals surface area contributed by atoms with Crippen molar-refractivity contribution < 1.29 is 23.9 Å². The van der Waals surface area contributed by atoms with E-state index in [1.165, 1.54) is 18.3 Å². The molecule has 0 saturated heterocycles. The number of imide groups is 1. The lowest BCUT2D eigenvalue weighted by atomic mass is 9.92. The number of carbonyl (C=O) groups excluding carboxylic acids is 4. The van der Waals surface area contributed by atoms with Crippen LogP contribution >= 0.6 is 0 Å². The van der Waals surface area contributed by atoms with Crippen molar-refractivity contribution in [3.05, 3.63) is 28.8 Å². The van der Waals surface area contributed by atoms with Gasteiger partial charge in [0.05, 0.1) is 23.4 Å². The van der Waals surface area contributed by atoms with E-state index in [-0.39, 0.29) is 29.0 Å². The monoisotopic (exact) mass is 286 g/mol. The van der Waals surface area contributed by atoms with Gasteiger partial charge in [-0.2, -0.15) is 0 Å². The van der Waals surface area contributed by atoms with Crippen molar-refractivity contribution in [3.63, 3.8) is 0 Å². The van der Waals surface area contributed by atoms with Crippen LogP contribution in [0.25, 0.3) is 0 Å². The molecule has 0 aliphatic carbocycles. The summed E-state index contributed by atoms with van der Waals surface area (Å²) >= 11 is 0. The first-order valence-corrected chi connectivity index (χ1v) is 6.31. The molecule has 1 aromatic rings. The maximum Gasteiger partial charge on any atom is 0.322 e. The van der Waals surface area contributed by atoms with Crippen LogP contribution in [0.4, 0.5) is 5.69 Å². The molecule has 21 heavy (non-hydrogen) atoms. The maximum atomic E-state index is 12.3. The van der Waals surface area contributed by atoms with Gasteiger partial charge in [-0.15, -0.1) is 0 Å². The lowest BCUT2D eigenvalue weighted by molar-refractivity contribution is -0.144. The zero-order valence-electron chi connectivity index (χ0n) is 11.0. The van der Waals surface area contributed by atoms with Gasteiger partial charge in [0, 0.05) is 11.8 Å². The Morgan fingerprint density at radius 3 is 2.52 bits per heavy atom. The summed E-state index contributed by atoms with van der Waals surface area (Å²) in [6, 6.07) is 2.68. The fourth-order valence-corrected chi connectivity index (χ4v) is 2.30. The van der Waals surface area contributed by atoms with Crippen molar-refractivity contribution in [3.8, 4) is 0 Å². The number of hydrogen-bond donors (Lipinski definition) is 1. The van der Waals surface area contributed by atoms with Gasteiger partial charge in [-0.1, -0.05) is 0 Å². The molecule has 0 fully saturated rings. The Hall–Kier alpha value is -2.83. The number of benzene rings is 1. The molecule has 2 heterocycles. The number of aliphatic imine (C=N–C) groups is 1. The summed E-state index contributed by atoms with van der Waals surface area (Å²) in [6.45, 7) is 1.80. The van der Waals surface area contributed by atoms with Gasteiger partial charge >= 0.3 is 5.97 Å². The maximum absolute atomic E-state index is 12.3. The van der Waals surface area contributed by atoms with Crippen molar-refractivity contribution >= 4 is 35.5 Å². The smallest absolute Gasteiger partial charge is 0.322 e. The van der Waals surface area contributed by atoms with Gasteiger partial charge in [-0.3, -0.25) is 29.5 Å². The molecular weight excluding hydrogens is 276 g/mol. The van der Waals surface area contributed by atoms with E-state index in [9.17, 15) is 19.2 Å². The van der Waals surface area contributed by atoms with E-state index >= 15 is 0 Å². The van der Waals surface area contributed by atoms with Crippen molar-refractivity contribution in [2.75, 3.05) is 6.61 Å². The van der Waals surface area contributed by atoms with E-state index in [0.717, 1.165) is 0 Å². The van der Waals surface area contributed by atoms with Crippen LogP contribution < -0.4 is 5.32 Å². The molecule has 0 radical (unpaired) electrons. The van der Waals surface area contributed by atoms with E-state index in [1.54, 1.807) is 6.92 Å². The van der Waals surface area contributed by atoms with E-state index < -0.39 is 29.5 Å². The van der Waals surface area contributed by atoms with Crippen molar-refractivity contribution in [1.29, 1.82) is 0 Å². The highest BCUT2D eigenvalue weighted by Gasteiger charge is 2.35. The quantitative estimate of drug-likeness (QED) is 0.488. The second kappa shape index (κ2) is 4.62. The number of carbonyl (C=O) groups is 4. The van der Waals surface area contributed by atoms with Crippen LogP contribution in [0.15, 0.2) is 17.1 Å². The normalized spacial score (nSPS) is 19.1. The molecule has 2 amide bonds. The fraction of sp³-hybridized carbons (Fsp3) is 0.214. The number of fused-ring (bicyclic) bond motifs is 2. The molecule has 2 aliphatic rings. The van der Waals surface area contributed by atoms with E-state index in [0.29, 0.717) is 0 Å². The molecule has 106 valence electrons. The van der Waals surface area contributed by atoms with Crippen LogP contribution in [0.5, 0.6) is 0 Å². The number of ketones is 1. The van der Waals surface area contributed by atoms with Gasteiger partial charge in [-0.25, -0.2) is 0 Å². The van der Waals surface area contributed by atoms with Crippen molar-refractivity contribution in [2.45, 2.75) is 6.92 Å². The van der Waals surface area contributed by atoms with E-state index in [1.807, 2.05) is 0 Å². The average molecular weight is 286 g/mol. The number of nitrogens with one attached hydrogen (secondary N) is 1. The standard InChI is InChI=1S/C14H10N2O5/c1-2-21-14(20)9-5-15-10-4-7-6(3-8(10)11(9)17)12(18)16-13(7)19/h3-5,9H,2H2,1H3,(H,16,18,19). The SMILES string of the molecule is CCOC(=O)C1C=Nc2cc3c(cc2C1=O)C(=O)NC3=O. The number of hydrogen-bond acceptors (Lipinski definition) is 6. The molecule has 2 aliphatic heterocycles. The van der Waals surface area contributed by atoms with Crippen molar-refractivity contribution in [2.24, 2.45) is 10.9 Å². The highest BCUT2D eigenvalue weighted by atomic mass is 16.5. The third kappa shape index (κ3) is 1.94. The topological polar surface area (TPSA) is 102 Å². The first-order chi connectivity index (χ1) is 10.0. The second-order valence-corrected chi connectivity index (χ2v) is 4.57. The summed E-state index contributed by atoms with van der Waals surface area (Å²) in [5.41, 5.74) is 0.702. The minimum atomic E-state index is -1.12. The first-order valence-electron chi connectivity index (χ1n) is 6.31. The van der Waals surface area contributed by atoms with Crippen LogP contribution in [-0.2, 0) is 9.53 Å². The molecule has 0 spiro atoms. The number of rotatable bonds is 2. The number of amides is 2. The Balaban J connectivity index is 2.06.